The van der Waals surface area contributed by atoms with Crippen molar-refractivity contribution >= 4 is 17.7 Å². The second kappa shape index (κ2) is 8.32. The van der Waals surface area contributed by atoms with Gasteiger partial charge < -0.3 is 15.8 Å². The van der Waals surface area contributed by atoms with Crippen LogP contribution in [0.3, 0.4) is 0 Å². The van der Waals surface area contributed by atoms with Gasteiger partial charge in [0.2, 0.25) is 5.91 Å². The summed E-state index contributed by atoms with van der Waals surface area (Å²) in [5.41, 5.74) is 7.26. The van der Waals surface area contributed by atoms with E-state index in [1.165, 1.54) is 6.08 Å². The van der Waals surface area contributed by atoms with Crippen LogP contribution in [0.5, 0.6) is 0 Å². The van der Waals surface area contributed by atoms with Gasteiger partial charge >= 0.3 is 0 Å². The molecule has 3 N–H and O–H groups in total. The molecule has 104 valence electrons. The van der Waals surface area contributed by atoms with Crippen LogP contribution < -0.4 is 11.1 Å². The predicted octanol–water partition coefficient (Wildman–Crippen LogP) is 2.21. The summed E-state index contributed by atoms with van der Waals surface area (Å²) in [7, 11) is 1.64. The molecule has 0 spiro atoms. The Balaban J connectivity index is 2.51. The van der Waals surface area contributed by atoms with Gasteiger partial charge in [-0.25, -0.2) is 0 Å². The number of ether oxygens (including phenoxy) is 1. The van der Waals surface area contributed by atoms with E-state index in [9.17, 15) is 4.79 Å². The van der Waals surface area contributed by atoms with Crippen molar-refractivity contribution in [3.8, 4) is 0 Å². The Kier molecular flexibility index (Phi) is 6.68. The number of rotatable bonds is 7. The Morgan fingerprint density at radius 2 is 2.11 bits per heavy atom. The first kappa shape index (κ1) is 15.2. The van der Waals surface area contributed by atoms with Crippen molar-refractivity contribution in [2.75, 3.05) is 19.5 Å². The predicted molar refractivity (Wildman–Crippen MR) is 78.6 cm³/mol. The number of amides is 1. The van der Waals surface area contributed by atoms with Crippen molar-refractivity contribution in [2.24, 2.45) is 0 Å². The summed E-state index contributed by atoms with van der Waals surface area (Å²) in [6, 6.07) is 7.43. The molecule has 0 saturated carbocycles. The Morgan fingerprint density at radius 1 is 1.42 bits per heavy atom. The average Bonchev–Trinajstić information content (AvgIpc) is 2.39. The zero-order valence-corrected chi connectivity index (χ0v) is 11.6. The molecule has 19 heavy (non-hydrogen) atoms. The molecule has 0 heterocycles. The molecular formula is C15H22N2O2. The number of hydrogen-bond acceptors (Lipinski definition) is 3. The summed E-state index contributed by atoms with van der Waals surface area (Å²) in [5, 5.41) is 2.93. The first-order valence-electron chi connectivity index (χ1n) is 6.48. The lowest BCUT2D eigenvalue weighted by Gasteiger charge is -2.15. The van der Waals surface area contributed by atoms with Crippen LogP contribution >= 0.6 is 0 Å². The number of methoxy groups -OCH3 is 1. The topological polar surface area (TPSA) is 64.3 Å². The minimum absolute atomic E-state index is 0.0681. The summed E-state index contributed by atoms with van der Waals surface area (Å²) >= 11 is 0. The van der Waals surface area contributed by atoms with Crippen LogP contribution in [-0.2, 0) is 9.53 Å². The van der Waals surface area contributed by atoms with E-state index >= 15 is 0 Å². The number of nitrogens with two attached hydrogens (primary N) is 1. The van der Waals surface area contributed by atoms with Crippen LogP contribution in [0.4, 0.5) is 5.69 Å². The molecule has 0 fully saturated rings. The van der Waals surface area contributed by atoms with E-state index in [1.54, 1.807) is 13.2 Å². The highest BCUT2D eigenvalue weighted by atomic mass is 16.5. The maximum atomic E-state index is 11.8. The molecule has 1 amide bonds. The van der Waals surface area contributed by atoms with Crippen molar-refractivity contribution in [3.63, 3.8) is 0 Å². The van der Waals surface area contributed by atoms with Crippen LogP contribution in [0.15, 0.2) is 30.3 Å². The molecule has 0 saturated heterocycles. The first-order valence-corrected chi connectivity index (χ1v) is 6.48. The largest absolute Gasteiger partial charge is 0.399 e. The number of benzene rings is 1. The van der Waals surface area contributed by atoms with Gasteiger partial charge in [-0.2, -0.15) is 0 Å². The molecule has 4 nitrogen and oxygen atoms in total. The van der Waals surface area contributed by atoms with E-state index in [2.05, 4.69) is 12.2 Å². The minimum atomic E-state index is -0.104. The molecule has 1 atom stereocenters. The number of hydrogen-bond donors (Lipinski definition) is 2. The van der Waals surface area contributed by atoms with Crippen LogP contribution in [0, 0.1) is 0 Å². The standard InChI is InChI=1S/C15H22N2O2/c1-3-4-14(11-19-2)17-15(18)10-7-12-5-8-13(16)9-6-12/h5-10,14H,3-4,11,16H2,1-2H3,(H,17,18)/b10-7+. The highest BCUT2D eigenvalue weighted by molar-refractivity contribution is 5.91. The monoisotopic (exact) mass is 262 g/mol. The van der Waals surface area contributed by atoms with Crippen LogP contribution in [0.2, 0.25) is 0 Å². The number of nitrogen functional groups attached to an aromatic ring is 1. The van der Waals surface area contributed by atoms with Crippen LogP contribution in [-0.4, -0.2) is 25.7 Å². The molecule has 0 aliphatic heterocycles. The van der Waals surface area contributed by atoms with Gasteiger partial charge in [0.1, 0.15) is 0 Å². The van der Waals surface area contributed by atoms with Gasteiger partial charge in [0.25, 0.3) is 0 Å². The van der Waals surface area contributed by atoms with E-state index in [0.29, 0.717) is 12.3 Å². The van der Waals surface area contributed by atoms with E-state index in [-0.39, 0.29) is 11.9 Å². The summed E-state index contributed by atoms with van der Waals surface area (Å²) in [5.74, 6) is -0.104. The van der Waals surface area contributed by atoms with Crippen molar-refractivity contribution < 1.29 is 9.53 Å². The third kappa shape index (κ3) is 6.06. The maximum absolute atomic E-state index is 11.8. The van der Waals surface area contributed by atoms with Gasteiger partial charge in [-0.1, -0.05) is 25.5 Å². The highest BCUT2D eigenvalue weighted by Crippen LogP contribution is 2.07. The van der Waals surface area contributed by atoms with Crippen molar-refractivity contribution in [1.29, 1.82) is 0 Å². The lowest BCUT2D eigenvalue weighted by atomic mass is 10.1. The van der Waals surface area contributed by atoms with Gasteiger partial charge in [0, 0.05) is 18.9 Å². The molecule has 0 aromatic heterocycles. The smallest absolute Gasteiger partial charge is 0.244 e. The fourth-order valence-electron chi connectivity index (χ4n) is 1.78. The molecule has 0 aliphatic carbocycles. The molecule has 0 radical (unpaired) electrons. The Hall–Kier alpha value is -1.81. The third-order valence-electron chi connectivity index (χ3n) is 2.71. The summed E-state index contributed by atoms with van der Waals surface area (Å²) < 4.78 is 5.08. The number of nitrogens with one attached hydrogen (secondary N) is 1. The third-order valence-corrected chi connectivity index (χ3v) is 2.71. The second-order valence-corrected chi connectivity index (χ2v) is 4.45. The van der Waals surface area contributed by atoms with Crippen molar-refractivity contribution in [3.05, 3.63) is 35.9 Å². The average molecular weight is 262 g/mol. The van der Waals surface area contributed by atoms with Crippen molar-refractivity contribution in [1.82, 2.24) is 5.32 Å². The summed E-state index contributed by atoms with van der Waals surface area (Å²) in [6.07, 6.45) is 5.22. The fourth-order valence-corrected chi connectivity index (χ4v) is 1.78. The molecule has 1 unspecified atom stereocenters. The van der Waals surface area contributed by atoms with E-state index in [1.807, 2.05) is 24.3 Å². The molecule has 0 aliphatic rings. The van der Waals surface area contributed by atoms with Gasteiger partial charge in [-0.05, 0) is 30.2 Å². The number of carbonyl (C=O) groups is 1. The lowest BCUT2D eigenvalue weighted by Crippen LogP contribution is -2.36. The van der Waals surface area contributed by atoms with Gasteiger partial charge in [0.15, 0.2) is 0 Å². The van der Waals surface area contributed by atoms with Crippen LogP contribution in [0.25, 0.3) is 6.08 Å². The van der Waals surface area contributed by atoms with E-state index in [0.717, 1.165) is 18.4 Å². The van der Waals surface area contributed by atoms with E-state index in [4.69, 9.17) is 10.5 Å². The van der Waals surface area contributed by atoms with Crippen LogP contribution in [0.1, 0.15) is 25.3 Å². The lowest BCUT2D eigenvalue weighted by molar-refractivity contribution is -0.117. The summed E-state index contributed by atoms with van der Waals surface area (Å²) in [4.78, 5) is 11.8. The number of anilines is 1. The van der Waals surface area contributed by atoms with E-state index < -0.39 is 0 Å². The molecule has 0 bridgehead atoms. The Labute approximate surface area is 114 Å². The van der Waals surface area contributed by atoms with Gasteiger partial charge in [-0.3, -0.25) is 4.79 Å². The maximum Gasteiger partial charge on any atom is 0.244 e. The molecule has 4 heteroatoms. The van der Waals surface area contributed by atoms with Crippen molar-refractivity contribution in [2.45, 2.75) is 25.8 Å². The SMILES string of the molecule is CCCC(COC)NC(=O)/C=C/c1ccc(N)cc1. The summed E-state index contributed by atoms with van der Waals surface area (Å²) in [6.45, 7) is 2.62. The molecule has 1 rings (SSSR count). The molecule has 1 aromatic rings. The zero-order chi connectivity index (χ0) is 14.1. The quantitative estimate of drug-likeness (QED) is 0.585. The normalized spacial score (nSPS) is 12.5. The fraction of sp³-hybridized carbons (Fsp3) is 0.400. The highest BCUT2D eigenvalue weighted by Gasteiger charge is 2.08. The molecular weight excluding hydrogens is 240 g/mol. The zero-order valence-electron chi connectivity index (χ0n) is 11.6. The first-order chi connectivity index (χ1) is 9.15. The Bertz CT molecular complexity index is 407. The second-order valence-electron chi connectivity index (χ2n) is 4.45. The minimum Gasteiger partial charge on any atom is -0.399 e. The molecule has 1 aromatic carbocycles. The number of carbonyl (C=O) groups excluding carboxylic acids is 1. The van der Waals surface area contributed by atoms with Gasteiger partial charge in [-0.15, -0.1) is 0 Å². The Morgan fingerprint density at radius 3 is 2.68 bits per heavy atom. The van der Waals surface area contributed by atoms with Gasteiger partial charge in [0.05, 0.1) is 12.6 Å².